The van der Waals surface area contributed by atoms with Crippen LogP contribution in [0.5, 0.6) is 11.5 Å². The third-order valence-corrected chi connectivity index (χ3v) is 7.06. The summed E-state index contributed by atoms with van der Waals surface area (Å²) in [5.74, 6) is -0.0749. The second-order valence-electron chi connectivity index (χ2n) is 7.65. The van der Waals surface area contributed by atoms with Gasteiger partial charge >= 0.3 is 32.3 Å². The molecule has 12 nitrogen and oxygen atoms in total. The summed E-state index contributed by atoms with van der Waals surface area (Å²) < 4.78 is 55.9. The van der Waals surface area contributed by atoms with Crippen LogP contribution in [0.15, 0.2) is 72.8 Å². The van der Waals surface area contributed by atoms with E-state index in [0.717, 1.165) is 0 Å². The Morgan fingerprint density at radius 3 is 1.26 bits per heavy atom. The molecule has 3 rings (SSSR count). The fourth-order valence-corrected chi connectivity index (χ4v) is 3.90. The molecule has 0 aliphatic rings. The average Bonchev–Trinajstić information content (AvgIpc) is 2.86. The van der Waals surface area contributed by atoms with Gasteiger partial charge in [0.2, 0.25) is 0 Å². The molecule has 0 saturated carbocycles. The Kier molecular flexibility index (Phi) is 9.15. The molecule has 3 aromatic carbocycles. The Morgan fingerprint density at radius 2 is 0.921 bits per heavy atom. The van der Waals surface area contributed by atoms with Gasteiger partial charge in [0.15, 0.2) is 0 Å². The van der Waals surface area contributed by atoms with Crippen LogP contribution in [0.1, 0.15) is 13.8 Å². The highest BCUT2D eigenvalue weighted by atomic mass is 32.2. The smallest absolute Gasteiger partial charge is 0.323 e. The topological polar surface area (TPSA) is 169 Å². The number of amides is 4. The van der Waals surface area contributed by atoms with Crippen LogP contribution in [0, 0.1) is 0 Å². The Morgan fingerprint density at radius 1 is 0.579 bits per heavy atom. The monoisotopic (exact) mass is 562 g/mol. The predicted octanol–water partition coefficient (Wildman–Crippen LogP) is 4.43. The molecule has 0 aromatic heterocycles. The summed E-state index contributed by atoms with van der Waals surface area (Å²) in [7, 11) is -7.30. The average molecular weight is 563 g/mol. The summed E-state index contributed by atoms with van der Waals surface area (Å²) in [6.45, 7) is 2.93. The summed E-state index contributed by atoms with van der Waals surface area (Å²) in [6.07, 6.45) is 0. The zero-order valence-electron chi connectivity index (χ0n) is 20.4. The lowest BCUT2D eigenvalue weighted by Crippen LogP contribution is -2.21. The van der Waals surface area contributed by atoms with E-state index < -0.39 is 32.3 Å². The quantitative estimate of drug-likeness (QED) is 0.263. The van der Waals surface area contributed by atoms with Crippen molar-refractivity contribution in [3.8, 4) is 11.5 Å². The maximum absolute atomic E-state index is 12.4. The van der Waals surface area contributed by atoms with Crippen LogP contribution in [0.3, 0.4) is 0 Å². The molecule has 3 aromatic rings. The van der Waals surface area contributed by atoms with E-state index in [0.29, 0.717) is 22.7 Å². The molecular weight excluding hydrogens is 536 g/mol. The number of carbonyl (C=O) groups excluding carboxylic acids is 2. The van der Waals surface area contributed by atoms with Crippen molar-refractivity contribution >= 4 is 55.0 Å². The fraction of sp³-hybridized carbons (Fsp3) is 0.167. The van der Waals surface area contributed by atoms with Crippen LogP contribution in [-0.2, 0) is 20.2 Å². The molecular formula is C24H26N4O8S2. The molecule has 4 N–H and O–H groups in total. The Hall–Kier alpha value is -4.30. The zero-order chi connectivity index (χ0) is 27.8. The lowest BCUT2D eigenvalue weighted by atomic mass is 10.2. The number of hydrogen-bond donors (Lipinski definition) is 4. The Bertz CT molecular complexity index is 1380. The third-order valence-electron chi connectivity index (χ3n) is 4.76. The standard InChI is InChI=1S/C24H26N4O8S2/c1-3-37(31,32)35-21-12-8-17(9-13-21)25-23(29)27-19-6-5-7-20(16-19)28-24(30)26-18-10-14-22(15-11-18)36-38(33,34)4-2/h5-16H,3-4H2,1-2H3,(H2,25,27,29)(H2,26,28,30). The first-order valence-corrected chi connectivity index (χ1v) is 14.4. The number of nitrogens with one attached hydrogen (secondary N) is 4. The zero-order valence-corrected chi connectivity index (χ0v) is 22.1. The van der Waals surface area contributed by atoms with Gasteiger partial charge in [-0.25, -0.2) is 9.59 Å². The molecule has 38 heavy (non-hydrogen) atoms. The maximum Gasteiger partial charge on any atom is 0.323 e. The maximum atomic E-state index is 12.4. The lowest BCUT2D eigenvalue weighted by molar-refractivity contribution is 0.261. The van der Waals surface area contributed by atoms with E-state index in [9.17, 15) is 26.4 Å². The molecule has 0 fully saturated rings. The molecule has 14 heteroatoms. The summed E-state index contributed by atoms with van der Waals surface area (Å²) in [6, 6.07) is 16.9. The lowest BCUT2D eigenvalue weighted by Gasteiger charge is -2.11. The highest BCUT2D eigenvalue weighted by molar-refractivity contribution is 7.87. The Labute approximate surface area is 220 Å². The molecule has 4 amide bonds. The van der Waals surface area contributed by atoms with Crippen LogP contribution in [0.25, 0.3) is 0 Å². The number of urea groups is 2. The summed E-state index contributed by atoms with van der Waals surface area (Å²) >= 11 is 0. The summed E-state index contributed by atoms with van der Waals surface area (Å²) in [4.78, 5) is 24.7. The molecule has 0 heterocycles. The van der Waals surface area contributed by atoms with Crippen molar-refractivity contribution in [2.45, 2.75) is 13.8 Å². The van der Waals surface area contributed by atoms with Crippen molar-refractivity contribution in [3.05, 3.63) is 72.8 Å². The van der Waals surface area contributed by atoms with Gasteiger partial charge in [-0.05, 0) is 80.6 Å². The largest absolute Gasteiger partial charge is 0.382 e. The molecule has 0 atom stereocenters. The van der Waals surface area contributed by atoms with Gasteiger partial charge in [-0.3, -0.25) is 0 Å². The number of benzene rings is 3. The van der Waals surface area contributed by atoms with Crippen molar-refractivity contribution in [2.75, 3.05) is 32.8 Å². The van der Waals surface area contributed by atoms with Gasteiger partial charge in [-0.2, -0.15) is 16.8 Å². The van der Waals surface area contributed by atoms with E-state index in [1.807, 2.05) is 0 Å². The highest BCUT2D eigenvalue weighted by Gasteiger charge is 2.11. The molecule has 0 spiro atoms. The molecule has 0 saturated heterocycles. The van der Waals surface area contributed by atoms with Crippen LogP contribution in [-0.4, -0.2) is 40.4 Å². The summed E-state index contributed by atoms with van der Waals surface area (Å²) in [5.41, 5.74) is 1.60. The minimum absolute atomic E-state index is 0.128. The predicted molar refractivity (Wildman–Crippen MR) is 145 cm³/mol. The molecule has 202 valence electrons. The normalized spacial score (nSPS) is 11.2. The first kappa shape index (κ1) is 28.3. The van der Waals surface area contributed by atoms with Gasteiger partial charge in [0.25, 0.3) is 0 Å². The highest BCUT2D eigenvalue weighted by Crippen LogP contribution is 2.20. The van der Waals surface area contributed by atoms with Crippen molar-refractivity contribution in [2.24, 2.45) is 0 Å². The van der Waals surface area contributed by atoms with Gasteiger partial charge in [0, 0.05) is 22.7 Å². The second kappa shape index (κ2) is 12.3. The van der Waals surface area contributed by atoms with Crippen LogP contribution >= 0.6 is 0 Å². The minimum atomic E-state index is -3.65. The van der Waals surface area contributed by atoms with E-state index in [1.165, 1.54) is 68.4 Å². The Balaban J connectivity index is 1.53. The van der Waals surface area contributed by atoms with Crippen molar-refractivity contribution in [1.29, 1.82) is 0 Å². The second-order valence-corrected chi connectivity index (χ2v) is 11.4. The van der Waals surface area contributed by atoms with Gasteiger partial charge < -0.3 is 29.6 Å². The van der Waals surface area contributed by atoms with Crippen LogP contribution in [0.4, 0.5) is 32.3 Å². The van der Waals surface area contributed by atoms with Crippen molar-refractivity contribution in [3.63, 3.8) is 0 Å². The van der Waals surface area contributed by atoms with Gasteiger partial charge in [0.1, 0.15) is 11.5 Å². The van der Waals surface area contributed by atoms with Crippen LogP contribution in [0.2, 0.25) is 0 Å². The third kappa shape index (κ3) is 8.97. The minimum Gasteiger partial charge on any atom is -0.382 e. The van der Waals surface area contributed by atoms with Crippen molar-refractivity contribution in [1.82, 2.24) is 0 Å². The van der Waals surface area contributed by atoms with Gasteiger partial charge in [0.05, 0.1) is 11.5 Å². The SMILES string of the molecule is CCS(=O)(=O)Oc1ccc(NC(=O)Nc2cccc(NC(=O)Nc3ccc(OS(=O)(=O)CC)cc3)c2)cc1. The van der Waals surface area contributed by atoms with E-state index in [2.05, 4.69) is 21.3 Å². The molecule has 0 unspecified atom stereocenters. The van der Waals surface area contributed by atoms with E-state index in [-0.39, 0.29) is 23.0 Å². The number of anilines is 4. The first-order chi connectivity index (χ1) is 18.0. The molecule has 0 aliphatic carbocycles. The summed E-state index contributed by atoms with van der Waals surface area (Å²) in [5, 5.41) is 10.5. The molecule has 0 radical (unpaired) electrons. The van der Waals surface area contributed by atoms with E-state index in [1.54, 1.807) is 18.2 Å². The number of hydrogen-bond acceptors (Lipinski definition) is 8. The van der Waals surface area contributed by atoms with Crippen molar-refractivity contribution < 1.29 is 34.8 Å². The number of carbonyl (C=O) groups is 2. The first-order valence-electron chi connectivity index (χ1n) is 11.3. The molecule has 0 bridgehead atoms. The van der Waals surface area contributed by atoms with Crippen LogP contribution < -0.4 is 29.6 Å². The van der Waals surface area contributed by atoms with Gasteiger partial charge in [-0.1, -0.05) is 6.07 Å². The van der Waals surface area contributed by atoms with E-state index in [4.69, 9.17) is 8.37 Å². The molecule has 0 aliphatic heterocycles. The fourth-order valence-electron chi connectivity index (χ4n) is 2.86. The van der Waals surface area contributed by atoms with Gasteiger partial charge in [-0.15, -0.1) is 0 Å². The number of rotatable bonds is 10. The van der Waals surface area contributed by atoms with E-state index >= 15 is 0 Å².